The van der Waals surface area contributed by atoms with E-state index in [1.165, 1.54) is 0 Å². The molecule has 0 saturated heterocycles. The Kier molecular flexibility index (Phi) is 2.40. The molecule has 0 aliphatic rings. The lowest BCUT2D eigenvalue weighted by Crippen LogP contribution is -2.10. The van der Waals surface area contributed by atoms with Crippen LogP contribution in [0.5, 0.6) is 0 Å². The summed E-state index contributed by atoms with van der Waals surface area (Å²) in [5, 5.41) is 9.16. The average molecular weight is 220 g/mol. The number of hydrogen-bond donors (Lipinski definition) is 1. The van der Waals surface area contributed by atoms with E-state index >= 15 is 0 Å². The molecule has 0 radical (unpaired) electrons. The molecule has 0 amide bonds. The number of nitrogens with one attached hydrogen (secondary N) is 1. The van der Waals surface area contributed by atoms with Crippen molar-refractivity contribution < 1.29 is 0 Å². The minimum atomic E-state index is -0.236. The van der Waals surface area contributed by atoms with Crippen molar-refractivity contribution >= 4 is 22.5 Å². The summed E-state index contributed by atoms with van der Waals surface area (Å²) in [4.78, 5) is 18.2. The number of halogens is 1. The first-order valence-electron chi connectivity index (χ1n) is 4.23. The molecule has 0 unspecified atom stereocenters. The molecule has 74 valence electrons. The first kappa shape index (κ1) is 9.69. The van der Waals surface area contributed by atoms with E-state index in [2.05, 4.69) is 9.97 Å². The van der Waals surface area contributed by atoms with Gasteiger partial charge in [0.25, 0.3) is 5.56 Å². The van der Waals surface area contributed by atoms with Crippen LogP contribution in [0.25, 0.3) is 10.9 Å². The molecule has 0 atom stereocenters. The fraction of sp³-hybridized carbons (Fsp3) is 0.100. The molecule has 0 fully saturated rings. The van der Waals surface area contributed by atoms with Gasteiger partial charge in [-0.2, -0.15) is 5.26 Å². The number of nitrogens with zero attached hydrogens (tertiary/aromatic N) is 2. The summed E-state index contributed by atoms with van der Waals surface area (Å²) in [7, 11) is 0. The Balaban J connectivity index is 2.82. The van der Waals surface area contributed by atoms with Crippen molar-refractivity contribution in [1.82, 2.24) is 9.97 Å². The molecule has 5 heteroatoms. The number of H-pyrrole nitrogens is 1. The third-order valence-electron chi connectivity index (χ3n) is 2.01. The lowest BCUT2D eigenvalue weighted by Gasteiger charge is -1.99. The Bertz CT molecular complexity index is 612. The van der Waals surface area contributed by atoms with E-state index in [0.717, 1.165) is 0 Å². The fourth-order valence-electron chi connectivity index (χ4n) is 1.32. The van der Waals surface area contributed by atoms with Crippen LogP contribution in [-0.2, 0) is 5.88 Å². The zero-order chi connectivity index (χ0) is 10.8. The van der Waals surface area contributed by atoms with Crippen LogP contribution in [-0.4, -0.2) is 9.97 Å². The van der Waals surface area contributed by atoms with Crippen molar-refractivity contribution in [1.29, 1.82) is 5.26 Å². The highest BCUT2D eigenvalue weighted by atomic mass is 35.5. The Labute approximate surface area is 90.1 Å². The SMILES string of the molecule is N#Cc1ccc2c(=O)[nH]c(CCl)nc2c1. The van der Waals surface area contributed by atoms with E-state index in [-0.39, 0.29) is 11.4 Å². The molecular formula is C10H6ClN3O. The number of nitriles is 1. The highest BCUT2D eigenvalue weighted by molar-refractivity contribution is 6.16. The zero-order valence-electron chi connectivity index (χ0n) is 7.62. The van der Waals surface area contributed by atoms with Crippen LogP contribution < -0.4 is 5.56 Å². The van der Waals surface area contributed by atoms with Crippen LogP contribution in [0.2, 0.25) is 0 Å². The van der Waals surface area contributed by atoms with E-state index < -0.39 is 0 Å². The van der Waals surface area contributed by atoms with E-state index in [4.69, 9.17) is 16.9 Å². The van der Waals surface area contributed by atoms with Gasteiger partial charge in [-0.1, -0.05) is 0 Å². The molecule has 1 aromatic carbocycles. The molecule has 4 nitrogen and oxygen atoms in total. The largest absolute Gasteiger partial charge is 0.309 e. The van der Waals surface area contributed by atoms with Crippen molar-refractivity contribution in [2.24, 2.45) is 0 Å². The van der Waals surface area contributed by atoms with Crippen LogP contribution in [0.15, 0.2) is 23.0 Å². The number of fused-ring (bicyclic) bond motifs is 1. The molecule has 0 saturated carbocycles. The minimum Gasteiger partial charge on any atom is -0.309 e. The van der Waals surface area contributed by atoms with Crippen LogP contribution in [0.4, 0.5) is 0 Å². The molecule has 1 aromatic heterocycles. The topological polar surface area (TPSA) is 69.5 Å². The minimum absolute atomic E-state index is 0.141. The fourth-order valence-corrected chi connectivity index (χ4v) is 1.45. The van der Waals surface area contributed by atoms with Gasteiger partial charge in [-0.15, -0.1) is 11.6 Å². The van der Waals surface area contributed by atoms with E-state index in [0.29, 0.717) is 22.3 Å². The molecule has 1 N–H and O–H groups in total. The van der Waals surface area contributed by atoms with Gasteiger partial charge in [0.1, 0.15) is 5.82 Å². The van der Waals surface area contributed by atoms with Gasteiger partial charge in [0.05, 0.1) is 28.4 Å². The highest BCUT2D eigenvalue weighted by Crippen LogP contribution is 2.10. The highest BCUT2D eigenvalue weighted by Gasteiger charge is 2.03. The molecular weight excluding hydrogens is 214 g/mol. The summed E-state index contributed by atoms with van der Waals surface area (Å²) in [6.07, 6.45) is 0. The summed E-state index contributed by atoms with van der Waals surface area (Å²) in [6, 6.07) is 6.72. The molecule has 1 heterocycles. The lowest BCUT2D eigenvalue weighted by atomic mass is 10.2. The van der Waals surface area contributed by atoms with Gasteiger partial charge in [0.2, 0.25) is 0 Å². The van der Waals surface area contributed by atoms with Gasteiger partial charge in [0, 0.05) is 0 Å². The molecule has 0 spiro atoms. The monoisotopic (exact) mass is 219 g/mol. The maximum absolute atomic E-state index is 11.5. The maximum atomic E-state index is 11.5. The number of benzene rings is 1. The summed E-state index contributed by atoms with van der Waals surface area (Å²) in [5.74, 6) is 0.548. The number of hydrogen-bond acceptors (Lipinski definition) is 3. The summed E-state index contributed by atoms with van der Waals surface area (Å²) in [5.41, 5.74) is 0.731. The van der Waals surface area contributed by atoms with Crippen molar-refractivity contribution in [3.8, 4) is 6.07 Å². The first-order chi connectivity index (χ1) is 7.24. The Morgan fingerprint density at radius 3 is 3.00 bits per heavy atom. The third kappa shape index (κ3) is 1.69. The van der Waals surface area contributed by atoms with Crippen molar-refractivity contribution in [3.63, 3.8) is 0 Å². The smallest absolute Gasteiger partial charge is 0.258 e. The van der Waals surface area contributed by atoms with Crippen LogP contribution in [0.3, 0.4) is 0 Å². The van der Waals surface area contributed by atoms with Crippen LogP contribution in [0.1, 0.15) is 11.4 Å². The van der Waals surface area contributed by atoms with Gasteiger partial charge in [-0.3, -0.25) is 4.79 Å². The molecule has 0 aliphatic heterocycles. The second-order valence-corrected chi connectivity index (χ2v) is 3.26. The molecule has 0 aliphatic carbocycles. The molecule has 2 aromatic rings. The van der Waals surface area contributed by atoms with Gasteiger partial charge >= 0.3 is 0 Å². The number of aromatic amines is 1. The van der Waals surface area contributed by atoms with Crippen molar-refractivity contribution in [3.05, 3.63) is 39.9 Å². The molecule has 0 bridgehead atoms. The number of aromatic nitrogens is 2. The van der Waals surface area contributed by atoms with Crippen LogP contribution in [0, 0.1) is 11.3 Å². The summed E-state index contributed by atoms with van der Waals surface area (Å²) in [6.45, 7) is 0. The first-order valence-corrected chi connectivity index (χ1v) is 4.77. The summed E-state index contributed by atoms with van der Waals surface area (Å²) >= 11 is 5.58. The quantitative estimate of drug-likeness (QED) is 0.740. The van der Waals surface area contributed by atoms with Crippen molar-refractivity contribution in [2.75, 3.05) is 0 Å². The van der Waals surface area contributed by atoms with E-state index in [1.807, 2.05) is 6.07 Å². The lowest BCUT2D eigenvalue weighted by molar-refractivity contribution is 1.03. The second kappa shape index (κ2) is 3.71. The van der Waals surface area contributed by atoms with Gasteiger partial charge in [-0.05, 0) is 18.2 Å². The van der Waals surface area contributed by atoms with Gasteiger partial charge in [0.15, 0.2) is 0 Å². The maximum Gasteiger partial charge on any atom is 0.258 e. The normalized spacial score (nSPS) is 10.1. The van der Waals surface area contributed by atoms with Gasteiger partial charge < -0.3 is 4.98 Å². The van der Waals surface area contributed by atoms with Crippen LogP contribution >= 0.6 is 11.6 Å². The zero-order valence-corrected chi connectivity index (χ0v) is 8.38. The Hall–Kier alpha value is -1.86. The predicted molar refractivity (Wildman–Crippen MR) is 56.6 cm³/mol. The van der Waals surface area contributed by atoms with Crippen molar-refractivity contribution in [2.45, 2.75) is 5.88 Å². The average Bonchev–Trinajstić information content (AvgIpc) is 2.28. The Morgan fingerprint density at radius 2 is 2.33 bits per heavy atom. The number of rotatable bonds is 1. The van der Waals surface area contributed by atoms with E-state index in [9.17, 15) is 4.79 Å². The summed E-state index contributed by atoms with van der Waals surface area (Å²) < 4.78 is 0. The third-order valence-corrected chi connectivity index (χ3v) is 2.26. The predicted octanol–water partition coefficient (Wildman–Crippen LogP) is 1.53. The number of alkyl halides is 1. The molecule has 15 heavy (non-hydrogen) atoms. The standard InChI is InChI=1S/C10H6ClN3O/c11-4-9-13-8-3-6(5-12)1-2-7(8)10(15)14-9/h1-3H,4H2,(H,13,14,15). The second-order valence-electron chi connectivity index (χ2n) is 2.99. The van der Waals surface area contributed by atoms with Gasteiger partial charge in [-0.25, -0.2) is 4.98 Å². The Morgan fingerprint density at radius 1 is 1.53 bits per heavy atom. The van der Waals surface area contributed by atoms with E-state index in [1.54, 1.807) is 18.2 Å². The molecule has 2 rings (SSSR count).